The highest BCUT2D eigenvalue weighted by molar-refractivity contribution is 5.74. The highest BCUT2D eigenvalue weighted by Gasteiger charge is 2.22. The third kappa shape index (κ3) is 4.00. The average molecular weight is 228 g/mol. The standard InChI is InChI=1S/C12H24N2O2/c1-10-4-6-14(7-5-10)11(16)13-8-12(2,3)9-15/h10,15H,4-9H2,1-3H3,(H,13,16). The first-order valence-corrected chi connectivity index (χ1v) is 6.08. The van der Waals surface area contributed by atoms with E-state index in [1.807, 2.05) is 18.7 Å². The maximum Gasteiger partial charge on any atom is 0.317 e. The number of nitrogens with zero attached hydrogens (tertiary/aromatic N) is 1. The zero-order chi connectivity index (χ0) is 12.2. The van der Waals surface area contributed by atoms with Gasteiger partial charge in [0.15, 0.2) is 0 Å². The molecule has 1 aliphatic rings. The van der Waals surface area contributed by atoms with Crippen LogP contribution in [0.25, 0.3) is 0 Å². The molecule has 0 spiro atoms. The van der Waals surface area contributed by atoms with Crippen molar-refractivity contribution in [3.05, 3.63) is 0 Å². The van der Waals surface area contributed by atoms with E-state index in [-0.39, 0.29) is 18.1 Å². The van der Waals surface area contributed by atoms with Gasteiger partial charge in [0.25, 0.3) is 0 Å². The van der Waals surface area contributed by atoms with Crippen molar-refractivity contribution in [2.75, 3.05) is 26.2 Å². The maximum atomic E-state index is 11.8. The van der Waals surface area contributed by atoms with Crippen LogP contribution in [-0.2, 0) is 0 Å². The first-order chi connectivity index (χ1) is 7.44. The van der Waals surface area contributed by atoms with E-state index in [2.05, 4.69) is 12.2 Å². The number of rotatable bonds is 3. The summed E-state index contributed by atoms with van der Waals surface area (Å²) in [5.41, 5.74) is -0.237. The molecule has 2 amide bonds. The molecule has 0 aromatic rings. The smallest absolute Gasteiger partial charge is 0.317 e. The van der Waals surface area contributed by atoms with Crippen molar-refractivity contribution in [3.8, 4) is 0 Å². The van der Waals surface area contributed by atoms with Crippen LogP contribution in [0.4, 0.5) is 4.79 Å². The molecule has 0 unspecified atom stereocenters. The minimum atomic E-state index is -0.237. The third-order valence-electron chi connectivity index (χ3n) is 3.22. The Balaban J connectivity index is 2.30. The van der Waals surface area contributed by atoms with Gasteiger partial charge in [-0.05, 0) is 18.8 Å². The lowest BCUT2D eigenvalue weighted by Crippen LogP contribution is -2.47. The van der Waals surface area contributed by atoms with Gasteiger partial charge >= 0.3 is 6.03 Å². The number of carbonyl (C=O) groups excluding carboxylic acids is 1. The molecule has 1 rings (SSSR count). The molecule has 0 saturated carbocycles. The van der Waals surface area contributed by atoms with Crippen LogP contribution in [0.1, 0.15) is 33.6 Å². The molecular weight excluding hydrogens is 204 g/mol. The number of piperidine rings is 1. The zero-order valence-electron chi connectivity index (χ0n) is 10.6. The molecular formula is C12H24N2O2. The van der Waals surface area contributed by atoms with Gasteiger partial charge in [-0.1, -0.05) is 20.8 Å². The van der Waals surface area contributed by atoms with Gasteiger partial charge in [0.05, 0.1) is 0 Å². The zero-order valence-corrected chi connectivity index (χ0v) is 10.6. The number of carbonyl (C=O) groups is 1. The summed E-state index contributed by atoms with van der Waals surface area (Å²) >= 11 is 0. The largest absolute Gasteiger partial charge is 0.396 e. The Bertz CT molecular complexity index is 233. The van der Waals surface area contributed by atoms with Gasteiger partial charge in [-0.2, -0.15) is 0 Å². The first-order valence-electron chi connectivity index (χ1n) is 6.08. The van der Waals surface area contributed by atoms with Crippen LogP contribution in [0.15, 0.2) is 0 Å². The van der Waals surface area contributed by atoms with E-state index in [1.165, 1.54) is 0 Å². The first kappa shape index (κ1) is 13.3. The van der Waals surface area contributed by atoms with Crippen molar-refractivity contribution >= 4 is 6.03 Å². The molecule has 4 nitrogen and oxygen atoms in total. The minimum Gasteiger partial charge on any atom is -0.396 e. The topological polar surface area (TPSA) is 52.6 Å². The Hall–Kier alpha value is -0.770. The second kappa shape index (κ2) is 5.53. The van der Waals surface area contributed by atoms with E-state index < -0.39 is 0 Å². The van der Waals surface area contributed by atoms with E-state index in [9.17, 15) is 4.79 Å². The highest BCUT2D eigenvalue weighted by atomic mass is 16.3. The fourth-order valence-corrected chi connectivity index (χ4v) is 1.69. The molecule has 2 N–H and O–H groups in total. The molecule has 16 heavy (non-hydrogen) atoms. The van der Waals surface area contributed by atoms with Gasteiger partial charge in [0, 0.05) is 31.7 Å². The fourth-order valence-electron chi connectivity index (χ4n) is 1.69. The number of likely N-dealkylation sites (tertiary alicyclic amines) is 1. The third-order valence-corrected chi connectivity index (χ3v) is 3.22. The quantitative estimate of drug-likeness (QED) is 0.768. The predicted molar refractivity (Wildman–Crippen MR) is 64.2 cm³/mol. The molecule has 94 valence electrons. The van der Waals surface area contributed by atoms with Gasteiger partial charge in [0.1, 0.15) is 0 Å². The Morgan fingerprint density at radius 2 is 2.00 bits per heavy atom. The van der Waals surface area contributed by atoms with E-state index in [0.717, 1.165) is 31.8 Å². The number of hydrogen-bond donors (Lipinski definition) is 2. The van der Waals surface area contributed by atoms with E-state index in [4.69, 9.17) is 5.11 Å². The molecule has 1 saturated heterocycles. The van der Waals surface area contributed by atoms with Crippen molar-refractivity contribution in [2.24, 2.45) is 11.3 Å². The molecule has 1 fully saturated rings. The maximum absolute atomic E-state index is 11.8. The normalized spacial score (nSPS) is 18.6. The summed E-state index contributed by atoms with van der Waals surface area (Å²) in [7, 11) is 0. The summed E-state index contributed by atoms with van der Waals surface area (Å²) in [6, 6.07) is 0.00780. The van der Waals surface area contributed by atoms with Crippen LogP contribution in [0, 0.1) is 11.3 Å². The molecule has 0 bridgehead atoms. The second-order valence-corrected chi connectivity index (χ2v) is 5.65. The van der Waals surface area contributed by atoms with Gasteiger partial charge < -0.3 is 15.3 Å². The van der Waals surface area contributed by atoms with Crippen LogP contribution >= 0.6 is 0 Å². The van der Waals surface area contributed by atoms with Gasteiger partial charge in [-0.15, -0.1) is 0 Å². The van der Waals surface area contributed by atoms with Crippen LogP contribution in [0.2, 0.25) is 0 Å². The molecule has 0 aromatic carbocycles. The summed E-state index contributed by atoms with van der Waals surface area (Å²) in [6.45, 7) is 8.42. The summed E-state index contributed by atoms with van der Waals surface area (Å²) < 4.78 is 0. The summed E-state index contributed by atoms with van der Waals surface area (Å²) in [6.07, 6.45) is 2.19. The van der Waals surface area contributed by atoms with E-state index in [1.54, 1.807) is 0 Å². The van der Waals surface area contributed by atoms with E-state index >= 15 is 0 Å². The molecule has 0 aromatic heterocycles. The average Bonchev–Trinajstić information content (AvgIpc) is 2.27. The number of hydrogen-bond acceptors (Lipinski definition) is 2. The van der Waals surface area contributed by atoms with Crippen LogP contribution in [0.5, 0.6) is 0 Å². The van der Waals surface area contributed by atoms with Crippen molar-refractivity contribution in [1.82, 2.24) is 10.2 Å². The molecule has 4 heteroatoms. The van der Waals surface area contributed by atoms with Crippen LogP contribution < -0.4 is 5.32 Å². The lowest BCUT2D eigenvalue weighted by Gasteiger charge is -2.31. The number of nitrogens with one attached hydrogen (secondary N) is 1. The lowest BCUT2D eigenvalue weighted by atomic mass is 9.95. The number of urea groups is 1. The lowest BCUT2D eigenvalue weighted by molar-refractivity contribution is 0.144. The van der Waals surface area contributed by atoms with Gasteiger partial charge in [-0.3, -0.25) is 0 Å². The van der Waals surface area contributed by atoms with Crippen LogP contribution in [0.3, 0.4) is 0 Å². The van der Waals surface area contributed by atoms with E-state index in [0.29, 0.717) is 6.54 Å². The summed E-state index contributed by atoms with van der Waals surface area (Å²) in [4.78, 5) is 13.7. The van der Waals surface area contributed by atoms with Crippen LogP contribution in [-0.4, -0.2) is 42.3 Å². The number of aliphatic hydroxyl groups is 1. The van der Waals surface area contributed by atoms with Gasteiger partial charge in [0.2, 0.25) is 0 Å². The molecule has 0 atom stereocenters. The fraction of sp³-hybridized carbons (Fsp3) is 0.917. The number of amides is 2. The SMILES string of the molecule is CC1CCN(C(=O)NCC(C)(C)CO)CC1. The van der Waals surface area contributed by atoms with Crippen molar-refractivity contribution in [3.63, 3.8) is 0 Å². The Morgan fingerprint density at radius 1 is 1.44 bits per heavy atom. The van der Waals surface area contributed by atoms with Crippen molar-refractivity contribution < 1.29 is 9.90 Å². The Morgan fingerprint density at radius 3 is 2.50 bits per heavy atom. The molecule has 1 aliphatic heterocycles. The van der Waals surface area contributed by atoms with Gasteiger partial charge in [-0.25, -0.2) is 4.79 Å². The predicted octanol–water partition coefficient (Wildman–Crippen LogP) is 1.45. The molecule has 0 radical (unpaired) electrons. The highest BCUT2D eigenvalue weighted by Crippen LogP contribution is 2.16. The van der Waals surface area contributed by atoms with Crippen molar-refractivity contribution in [1.29, 1.82) is 0 Å². The Labute approximate surface area is 98.0 Å². The van der Waals surface area contributed by atoms with Crippen molar-refractivity contribution in [2.45, 2.75) is 33.6 Å². The summed E-state index contributed by atoms with van der Waals surface area (Å²) in [5, 5.41) is 12.0. The summed E-state index contributed by atoms with van der Waals surface area (Å²) in [5.74, 6) is 0.734. The second-order valence-electron chi connectivity index (χ2n) is 5.65. The minimum absolute atomic E-state index is 0.00780. The Kier molecular flexibility index (Phi) is 4.59. The number of aliphatic hydroxyl groups excluding tert-OH is 1. The molecule has 1 heterocycles. The molecule has 0 aliphatic carbocycles. The monoisotopic (exact) mass is 228 g/mol.